The lowest BCUT2D eigenvalue weighted by Gasteiger charge is -2.25. The average Bonchev–Trinajstić information content (AvgIpc) is 3.16. The third kappa shape index (κ3) is 4.53. The quantitative estimate of drug-likeness (QED) is 0.383. The molecule has 0 unspecified atom stereocenters. The van der Waals surface area contributed by atoms with Gasteiger partial charge < -0.3 is 5.32 Å². The summed E-state index contributed by atoms with van der Waals surface area (Å²) in [6.07, 6.45) is 1.66. The molecule has 4 aromatic rings. The summed E-state index contributed by atoms with van der Waals surface area (Å²) in [5.41, 5.74) is 2.19. The highest BCUT2D eigenvalue weighted by Crippen LogP contribution is 2.31. The molecule has 2 heterocycles. The number of aromatic nitrogens is 1. The van der Waals surface area contributed by atoms with Crippen LogP contribution in [0.1, 0.15) is 24.1 Å². The summed E-state index contributed by atoms with van der Waals surface area (Å²) in [5.74, 6) is -0.818. The number of benzene rings is 3. The van der Waals surface area contributed by atoms with Gasteiger partial charge in [0.25, 0.3) is 11.5 Å². The lowest BCUT2D eigenvalue weighted by atomic mass is 9.95. The van der Waals surface area contributed by atoms with E-state index in [-0.39, 0.29) is 5.56 Å². The van der Waals surface area contributed by atoms with Crippen LogP contribution in [0.25, 0.3) is 6.08 Å². The van der Waals surface area contributed by atoms with Gasteiger partial charge in [0.1, 0.15) is 5.82 Å². The van der Waals surface area contributed by atoms with Crippen LogP contribution < -0.4 is 20.2 Å². The molecular formula is C27H18Cl2FN3O2S. The Morgan fingerprint density at radius 1 is 1.06 bits per heavy atom. The zero-order valence-electron chi connectivity index (χ0n) is 18.8. The Morgan fingerprint density at radius 2 is 1.78 bits per heavy atom. The van der Waals surface area contributed by atoms with Crippen molar-refractivity contribution < 1.29 is 9.18 Å². The van der Waals surface area contributed by atoms with Crippen molar-refractivity contribution in [1.82, 2.24) is 4.57 Å². The van der Waals surface area contributed by atoms with Gasteiger partial charge in [-0.25, -0.2) is 9.38 Å². The van der Waals surface area contributed by atoms with E-state index >= 15 is 0 Å². The van der Waals surface area contributed by atoms with E-state index in [0.29, 0.717) is 47.5 Å². The second kappa shape index (κ2) is 9.85. The van der Waals surface area contributed by atoms with Crippen LogP contribution in [0.5, 0.6) is 0 Å². The number of amides is 1. The number of rotatable bonds is 4. The maximum absolute atomic E-state index is 13.8. The van der Waals surface area contributed by atoms with Crippen molar-refractivity contribution in [3.8, 4) is 0 Å². The number of halogens is 3. The van der Waals surface area contributed by atoms with Crippen molar-refractivity contribution in [3.63, 3.8) is 0 Å². The summed E-state index contributed by atoms with van der Waals surface area (Å²) < 4.78 is 15.6. The molecule has 0 fully saturated rings. The molecular weight excluding hydrogens is 520 g/mol. The summed E-state index contributed by atoms with van der Waals surface area (Å²) in [6.45, 7) is 1.72. The first-order valence-corrected chi connectivity index (χ1v) is 12.5. The van der Waals surface area contributed by atoms with Crippen LogP contribution in [0.15, 0.2) is 93.9 Å². The van der Waals surface area contributed by atoms with Crippen molar-refractivity contribution in [2.45, 2.75) is 13.0 Å². The molecule has 0 spiro atoms. The van der Waals surface area contributed by atoms with Gasteiger partial charge in [0.05, 0.1) is 31.9 Å². The van der Waals surface area contributed by atoms with Gasteiger partial charge >= 0.3 is 0 Å². The number of hydrogen-bond acceptors (Lipinski definition) is 4. The summed E-state index contributed by atoms with van der Waals surface area (Å²) >= 11 is 13.7. The molecule has 0 aliphatic carbocycles. The minimum absolute atomic E-state index is 0.296. The summed E-state index contributed by atoms with van der Waals surface area (Å²) in [7, 11) is 0. The second-order valence-electron chi connectivity index (χ2n) is 8.10. The smallest absolute Gasteiger partial charge is 0.271 e. The first kappa shape index (κ1) is 24.2. The van der Waals surface area contributed by atoms with E-state index in [0.717, 1.165) is 0 Å². The third-order valence-corrected chi connectivity index (χ3v) is 7.57. The Kier molecular flexibility index (Phi) is 6.62. The van der Waals surface area contributed by atoms with Gasteiger partial charge in [-0.2, -0.15) is 0 Å². The minimum Gasteiger partial charge on any atom is -0.322 e. The minimum atomic E-state index is -0.803. The Balaban J connectivity index is 1.69. The van der Waals surface area contributed by atoms with Crippen molar-refractivity contribution in [1.29, 1.82) is 0 Å². The largest absolute Gasteiger partial charge is 0.322 e. The van der Waals surface area contributed by atoms with Crippen LogP contribution in [0, 0.1) is 5.82 Å². The number of para-hydroxylation sites is 1. The van der Waals surface area contributed by atoms with Crippen LogP contribution in [0.3, 0.4) is 0 Å². The fourth-order valence-electron chi connectivity index (χ4n) is 4.07. The predicted octanol–water partition coefficient (Wildman–Crippen LogP) is 5.32. The number of carbonyl (C=O) groups is 1. The van der Waals surface area contributed by atoms with Crippen LogP contribution in [0.2, 0.25) is 10.0 Å². The number of anilines is 1. The third-order valence-electron chi connectivity index (χ3n) is 5.75. The Bertz CT molecular complexity index is 1690. The molecule has 180 valence electrons. The van der Waals surface area contributed by atoms with Crippen LogP contribution in [-0.2, 0) is 4.79 Å². The highest BCUT2D eigenvalue weighted by molar-refractivity contribution is 7.07. The van der Waals surface area contributed by atoms with Gasteiger partial charge in [0.2, 0.25) is 0 Å². The van der Waals surface area contributed by atoms with E-state index in [9.17, 15) is 14.0 Å². The number of nitrogens with one attached hydrogen (secondary N) is 1. The number of allylic oxidation sites excluding steroid dienone is 1. The number of fused-ring (bicyclic) bond motifs is 1. The van der Waals surface area contributed by atoms with Crippen molar-refractivity contribution >= 4 is 52.2 Å². The van der Waals surface area contributed by atoms with E-state index in [1.54, 1.807) is 55.5 Å². The normalized spacial score (nSPS) is 15.4. The fourth-order valence-corrected chi connectivity index (χ4v) is 5.47. The molecule has 36 heavy (non-hydrogen) atoms. The van der Waals surface area contributed by atoms with Crippen molar-refractivity contribution in [2.75, 3.05) is 5.32 Å². The molecule has 1 aromatic heterocycles. The standard InChI is InChI=1S/C27H18Cl2FN3O2S/c1-15-22(25(34)32-19-7-3-2-4-8-19)24(16-10-12-18(30)13-11-16)33-26(35)21(36-27(33)31-15)14-17-6-5-9-20(28)23(17)29/h2-14,24H,1H3,(H,32,34)/t24-/m0/s1. The molecule has 0 saturated carbocycles. The van der Waals surface area contributed by atoms with E-state index in [1.807, 2.05) is 18.2 Å². The molecule has 3 aromatic carbocycles. The topological polar surface area (TPSA) is 63.5 Å². The maximum atomic E-state index is 13.8. The highest BCUT2D eigenvalue weighted by Gasteiger charge is 2.32. The average molecular weight is 538 g/mol. The van der Waals surface area contributed by atoms with Gasteiger partial charge in [-0.1, -0.05) is 77.0 Å². The van der Waals surface area contributed by atoms with Gasteiger partial charge in [0.15, 0.2) is 4.80 Å². The number of hydrogen-bond donors (Lipinski definition) is 1. The molecule has 1 atom stereocenters. The number of carbonyl (C=O) groups excluding carboxylic acids is 1. The SMILES string of the molecule is CC1=C(C(=O)Nc2ccccc2)[C@H](c2ccc(F)cc2)n2c(sc(=Cc3cccc(Cl)c3Cl)c2=O)=N1. The van der Waals surface area contributed by atoms with Gasteiger partial charge in [-0.15, -0.1) is 0 Å². The second-order valence-corrected chi connectivity index (χ2v) is 9.89. The zero-order valence-corrected chi connectivity index (χ0v) is 21.2. The van der Waals surface area contributed by atoms with Gasteiger partial charge in [0, 0.05) is 5.69 Å². The zero-order chi connectivity index (χ0) is 25.4. The Morgan fingerprint density at radius 3 is 2.50 bits per heavy atom. The first-order chi connectivity index (χ1) is 17.3. The number of thiazole rings is 1. The fraction of sp³-hybridized carbons (Fsp3) is 0.0741. The molecule has 0 saturated heterocycles. The molecule has 1 aliphatic heterocycles. The van der Waals surface area contributed by atoms with E-state index < -0.39 is 17.8 Å². The molecule has 1 amide bonds. The lowest BCUT2D eigenvalue weighted by molar-refractivity contribution is -0.113. The summed E-state index contributed by atoms with van der Waals surface area (Å²) in [6, 6.07) is 19.1. The molecule has 0 radical (unpaired) electrons. The van der Waals surface area contributed by atoms with Gasteiger partial charge in [-0.05, 0) is 54.5 Å². The lowest BCUT2D eigenvalue weighted by Crippen LogP contribution is -2.40. The van der Waals surface area contributed by atoms with Crippen molar-refractivity contribution in [2.24, 2.45) is 4.99 Å². The van der Waals surface area contributed by atoms with E-state index in [2.05, 4.69) is 10.3 Å². The number of nitrogens with zero attached hydrogens (tertiary/aromatic N) is 2. The van der Waals surface area contributed by atoms with E-state index in [1.165, 1.54) is 28.0 Å². The maximum Gasteiger partial charge on any atom is 0.271 e. The van der Waals surface area contributed by atoms with Crippen molar-refractivity contribution in [3.05, 3.63) is 131 Å². The Hall–Kier alpha value is -3.52. The molecule has 1 aliphatic rings. The highest BCUT2D eigenvalue weighted by atomic mass is 35.5. The van der Waals surface area contributed by atoms with Gasteiger partial charge in [-0.3, -0.25) is 14.2 Å². The molecule has 1 N–H and O–H groups in total. The Labute approximate surface area is 219 Å². The monoisotopic (exact) mass is 537 g/mol. The molecule has 9 heteroatoms. The predicted molar refractivity (Wildman–Crippen MR) is 142 cm³/mol. The molecule has 0 bridgehead atoms. The molecule has 5 rings (SSSR count). The summed E-state index contributed by atoms with van der Waals surface area (Å²) in [5, 5.41) is 3.59. The van der Waals surface area contributed by atoms with Crippen LogP contribution in [-0.4, -0.2) is 10.5 Å². The first-order valence-electron chi connectivity index (χ1n) is 10.9. The summed E-state index contributed by atoms with van der Waals surface area (Å²) in [4.78, 5) is 32.2. The van der Waals surface area contributed by atoms with E-state index in [4.69, 9.17) is 23.2 Å². The van der Waals surface area contributed by atoms with Crippen LogP contribution >= 0.6 is 34.5 Å². The molecule has 5 nitrogen and oxygen atoms in total. The van der Waals surface area contributed by atoms with Crippen LogP contribution in [0.4, 0.5) is 10.1 Å².